The Kier molecular flexibility index (Phi) is 12.6. The lowest BCUT2D eigenvalue weighted by Gasteiger charge is -2.32. The van der Waals surface area contributed by atoms with E-state index < -0.39 is 35.6 Å². The number of benzene rings is 1. The van der Waals surface area contributed by atoms with Crippen molar-refractivity contribution in [3.05, 3.63) is 90.3 Å². The number of para-hydroxylation sites is 1. The largest absolute Gasteiger partial charge is 0.433 e. The average molecular weight is 585 g/mol. The molecule has 0 saturated heterocycles. The Morgan fingerprint density at radius 1 is 1.00 bits per heavy atom. The summed E-state index contributed by atoms with van der Waals surface area (Å²) in [6, 6.07) is 14.4. The molecule has 5 rings (SSSR count). The van der Waals surface area contributed by atoms with Gasteiger partial charge < -0.3 is 11.1 Å². The number of fused-ring (bicyclic) bond motifs is 1. The molecule has 0 bridgehead atoms. The normalized spacial score (nSPS) is 13.7. The number of alkyl halides is 3. The summed E-state index contributed by atoms with van der Waals surface area (Å²) in [6.45, 7) is 10.1. The van der Waals surface area contributed by atoms with Gasteiger partial charge in [-0.2, -0.15) is 18.3 Å². The fourth-order valence-electron chi connectivity index (χ4n) is 3.81. The number of pyridine rings is 1. The van der Waals surface area contributed by atoms with Gasteiger partial charge in [0.15, 0.2) is 0 Å². The number of anilines is 2. The summed E-state index contributed by atoms with van der Waals surface area (Å²) < 4.78 is 40.2. The maximum Gasteiger partial charge on any atom is 0.433 e. The van der Waals surface area contributed by atoms with E-state index in [1.807, 2.05) is 70.2 Å². The van der Waals surface area contributed by atoms with Crippen LogP contribution in [0.3, 0.4) is 0 Å². The molecule has 13 heteroatoms. The van der Waals surface area contributed by atoms with E-state index in [-0.39, 0.29) is 6.42 Å². The van der Waals surface area contributed by atoms with Crippen LogP contribution in [-0.4, -0.2) is 49.1 Å². The third-order valence-electron chi connectivity index (χ3n) is 5.52. The Labute approximate surface area is 242 Å². The van der Waals surface area contributed by atoms with Crippen molar-refractivity contribution in [2.24, 2.45) is 0 Å². The van der Waals surface area contributed by atoms with Gasteiger partial charge in [-0.3, -0.25) is 14.5 Å². The molecule has 4 heterocycles. The molecule has 1 atom stereocenters. The van der Waals surface area contributed by atoms with Crippen molar-refractivity contribution < 1.29 is 22.8 Å². The summed E-state index contributed by atoms with van der Waals surface area (Å²) >= 11 is 0. The Morgan fingerprint density at radius 2 is 1.67 bits per heavy atom. The Balaban J connectivity index is 0.000000479. The van der Waals surface area contributed by atoms with Crippen LogP contribution in [0.2, 0.25) is 0 Å². The highest BCUT2D eigenvalue weighted by Crippen LogP contribution is 2.30. The number of aromatic nitrogens is 5. The van der Waals surface area contributed by atoms with Crippen molar-refractivity contribution >= 4 is 23.5 Å². The summed E-state index contributed by atoms with van der Waals surface area (Å²) in [5.74, 6) is -0.842. The molecule has 224 valence electrons. The third kappa shape index (κ3) is 8.35. The number of nitrogens with one attached hydrogen (secondary N) is 1. The Hall–Kier alpha value is -4.81. The van der Waals surface area contributed by atoms with E-state index in [0.717, 1.165) is 17.4 Å². The number of halogens is 3. The topological polar surface area (TPSA) is 132 Å². The Bertz CT molecular complexity index is 1410. The summed E-state index contributed by atoms with van der Waals surface area (Å²) in [5, 5.41) is 6.83. The molecule has 42 heavy (non-hydrogen) atoms. The van der Waals surface area contributed by atoms with Gasteiger partial charge in [0, 0.05) is 30.9 Å². The van der Waals surface area contributed by atoms with Crippen molar-refractivity contribution in [1.82, 2.24) is 30.0 Å². The van der Waals surface area contributed by atoms with Gasteiger partial charge in [-0.25, -0.2) is 19.6 Å². The van der Waals surface area contributed by atoms with Crippen molar-refractivity contribution in [3.8, 4) is 5.69 Å². The van der Waals surface area contributed by atoms with Crippen LogP contribution >= 0.6 is 0 Å². The summed E-state index contributed by atoms with van der Waals surface area (Å²) in [6.07, 6.45) is -0.443. The summed E-state index contributed by atoms with van der Waals surface area (Å²) in [7, 11) is 0. The lowest BCUT2D eigenvalue weighted by molar-refractivity contribution is -0.141. The van der Waals surface area contributed by atoms with E-state index >= 15 is 0 Å². The molecule has 1 aliphatic rings. The second kappa shape index (κ2) is 15.8. The minimum atomic E-state index is -4.71. The number of carbonyl (C=O) groups excluding carboxylic acids is 2. The standard InChI is InChI=1S/C20H17F3N6O2.C5H6N2.2C2H6/c1-2-28-18-12(11-25-29(18)13-6-4-3-5-7-13)10-14(19(28)31)26-17(30)16-24-9-8-15(27-16)20(21,22)23;6-5-3-1-2-4-7-5;2*1-2/h3-9,11,14H,2,10H2,1H3,(H,26,30);1-4H,(H2,6,7);2*1-2H3. The first-order valence-corrected chi connectivity index (χ1v) is 13.5. The SMILES string of the molecule is CC.CC.CCN1C(=O)C(NC(=O)c2nccc(C(F)(F)F)n2)Cc2cnn(-c3ccccc3)c21.Nc1ccccn1. The first-order valence-electron chi connectivity index (χ1n) is 13.5. The van der Waals surface area contributed by atoms with E-state index in [4.69, 9.17) is 5.73 Å². The molecule has 1 aliphatic heterocycles. The van der Waals surface area contributed by atoms with Crippen molar-refractivity contribution in [2.45, 2.75) is 53.3 Å². The highest BCUT2D eigenvalue weighted by molar-refractivity contribution is 6.03. The van der Waals surface area contributed by atoms with E-state index in [0.29, 0.717) is 24.2 Å². The molecule has 0 spiro atoms. The summed E-state index contributed by atoms with van der Waals surface area (Å²) in [5.41, 5.74) is 5.51. The minimum Gasteiger partial charge on any atom is -0.384 e. The number of nitrogens with two attached hydrogens (primary N) is 1. The fraction of sp³-hybridized carbons (Fsp3) is 0.310. The number of nitrogen functional groups attached to an aromatic ring is 1. The average Bonchev–Trinajstić information content (AvgIpc) is 3.44. The molecular weight excluding hydrogens is 549 g/mol. The van der Waals surface area contributed by atoms with Gasteiger partial charge in [0.05, 0.1) is 11.9 Å². The van der Waals surface area contributed by atoms with Crippen molar-refractivity contribution in [3.63, 3.8) is 0 Å². The smallest absolute Gasteiger partial charge is 0.384 e. The van der Waals surface area contributed by atoms with Crippen LogP contribution in [0.4, 0.5) is 24.8 Å². The van der Waals surface area contributed by atoms with Crippen LogP contribution in [-0.2, 0) is 17.4 Å². The second-order valence-electron chi connectivity index (χ2n) is 8.07. The van der Waals surface area contributed by atoms with Gasteiger partial charge in [-0.05, 0) is 37.3 Å². The number of carbonyl (C=O) groups is 2. The van der Waals surface area contributed by atoms with Crippen molar-refractivity contribution in [2.75, 3.05) is 17.2 Å². The number of rotatable bonds is 4. The molecule has 3 N–H and O–H groups in total. The second-order valence-corrected chi connectivity index (χ2v) is 8.07. The molecule has 0 aliphatic carbocycles. The third-order valence-corrected chi connectivity index (χ3v) is 5.52. The van der Waals surface area contributed by atoms with E-state index in [2.05, 4.69) is 25.4 Å². The number of nitrogens with zero attached hydrogens (tertiary/aromatic N) is 6. The molecule has 0 fully saturated rings. The predicted molar refractivity (Wildman–Crippen MR) is 155 cm³/mol. The molecule has 0 saturated carbocycles. The molecule has 1 unspecified atom stereocenters. The van der Waals surface area contributed by atoms with Gasteiger partial charge in [-0.15, -0.1) is 0 Å². The first kappa shape index (κ1) is 33.4. The monoisotopic (exact) mass is 584 g/mol. The summed E-state index contributed by atoms with van der Waals surface area (Å²) in [4.78, 5) is 37.6. The van der Waals surface area contributed by atoms with Gasteiger partial charge in [0.2, 0.25) is 5.82 Å². The molecular formula is C29H35F3N8O2. The van der Waals surface area contributed by atoms with E-state index in [1.54, 1.807) is 30.1 Å². The van der Waals surface area contributed by atoms with Gasteiger partial charge in [0.1, 0.15) is 23.4 Å². The zero-order valence-electron chi connectivity index (χ0n) is 24.1. The van der Waals surface area contributed by atoms with Gasteiger partial charge >= 0.3 is 6.18 Å². The number of hydrogen-bond acceptors (Lipinski definition) is 7. The van der Waals surface area contributed by atoms with Gasteiger partial charge in [-0.1, -0.05) is 52.0 Å². The number of amides is 2. The van der Waals surface area contributed by atoms with Crippen LogP contribution in [0, 0.1) is 0 Å². The fourth-order valence-corrected chi connectivity index (χ4v) is 3.81. The quantitative estimate of drug-likeness (QED) is 0.341. The zero-order chi connectivity index (χ0) is 31.3. The van der Waals surface area contributed by atoms with Crippen molar-refractivity contribution in [1.29, 1.82) is 0 Å². The first-order chi connectivity index (χ1) is 20.2. The zero-order valence-corrected chi connectivity index (χ0v) is 24.1. The Morgan fingerprint density at radius 3 is 2.21 bits per heavy atom. The highest BCUT2D eigenvalue weighted by atomic mass is 19.4. The van der Waals surface area contributed by atoms with Crippen LogP contribution in [0.15, 0.2) is 73.2 Å². The number of likely N-dealkylation sites (N-methyl/N-ethyl adjacent to an activating group) is 1. The molecule has 2 amide bonds. The minimum absolute atomic E-state index is 0.141. The predicted octanol–water partition coefficient (Wildman–Crippen LogP) is 5.10. The molecule has 10 nitrogen and oxygen atoms in total. The lowest BCUT2D eigenvalue weighted by atomic mass is 10.0. The van der Waals surface area contributed by atoms with Crippen LogP contribution in [0.5, 0.6) is 0 Å². The lowest BCUT2D eigenvalue weighted by Crippen LogP contribution is -2.53. The molecule has 1 aromatic carbocycles. The van der Waals surface area contributed by atoms with Crippen LogP contribution in [0.1, 0.15) is 56.5 Å². The van der Waals surface area contributed by atoms with Gasteiger partial charge in [0.25, 0.3) is 11.8 Å². The van der Waals surface area contributed by atoms with E-state index in [9.17, 15) is 22.8 Å². The molecule has 4 aromatic rings. The maximum absolute atomic E-state index is 13.0. The van der Waals surface area contributed by atoms with Crippen LogP contribution < -0.4 is 16.0 Å². The van der Waals surface area contributed by atoms with E-state index in [1.165, 1.54) is 4.90 Å². The molecule has 0 radical (unpaired) electrons. The molecule has 3 aromatic heterocycles. The highest BCUT2D eigenvalue weighted by Gasteiger charge is 2.37. The van der Waals surface area contributed by atoms with Crippen LogP contribution in [0.25, 0.3) is 5.69 Å². The number of hydrogen-bond donors (Lipinski definition) is 2. The maximum atomic E-state index is 13.0.